The molecular weight excluding hydrogens is 416 g/mol. The van der Waals surface area contributed by atoms with Crippen LogP contribution in [0, 0.1) is 11.7 Å². The fraction of sp³-hybridized carbons (Fsp3) is 0.240. The van der Waals surface area contributed by atoms with Gasteiger partial charge in [0.25, 0.3) is 0 Å². The maximum Gasteiger partial charge on any atom is 0.204 e. The van der Waals surface area contributed by atoms with Crippen molar-refractivity contribution in [2.24, 2.45) is 0 Å². The summed E-state index contributed by atoms with van der Waals surface area (Å²) >= 11 is 5.87. The highest BCUT2D eigenvalue weighted by Crippen LogP contribution is 2.23. The molecule has 0 saturated heterocycles. The molecule has 0 spiro atoms. The van der Waals surface area contributed by atoms with Gasteiger partial charge in [-0.3, -0.25) is 14.5 Å². The minimum atomic E-state index is 0.589. The van der Waals surface area contributed by atoms with Crippen LogP contribution in [0.1, 0.15) is 11.1 Å². The van der Waals surface area contributed by atoms with Crippen LogP contribution >= 0.6 is 12.2 Å². The second-order valence-corrected chi connectivity index (χ2v) is 8.59. The third-order valence-electron chi connectivity index (χ3n) is 5.35. The van der Waals surface area contributed by atoms with Crippen LogP contribution < -0.4 is 4.90 Å². The Morgan fingerprint density at radius 1 is 0.875 bits per heavy atom. The largest absolute Gasteiger partial charge is 0.378 e. The Hall–Kier alpha value is -3.29. The molecule has 0 aliphatic rings. The van der Waals surface area contributed by atoms with E-state index in [2.05, 4.69) is 77.3 Å². The van der Waals surface area contributed by atoms with Gasteiger partial charge in [0.15, 0.2) is 5.82 Å². The number of nitrogens with zero attached hydrogens (tertiary/aromatic N) is 6. The van der Waals surface area contributed by atoms with Crippen LogP contribution in [0.15, 0.2) is 73.1 Å². The molecule has 0 amide bonds. The summed E-state index contributed by atoms with van der Waals surface area (Å²) in [6.45, 7) is 3.47. The fourth-order valence-electron chi connectivity index (χ4n) is 3.60. The molecule has 0 bridgehead atoms. The first-order valence-electron chi connectivity index (χ1n) is 10.5. The number of rotatable bonds is 7. The molecule has 2 aromatic carbocycles. The minimum Gasteiger partial charge on any atom is -0.378 e. The molecule has 32 heavy (non-hydrogen) atoms. The summed E-state index contributed by atoms with van der Waals surface area (Å²) < 4.78 is 4.58. The molecule has 2 heterocycles. The quantitative estimate of drug-likeness (QED) is 0.378. The summed E-state index contributed by atoms with van der Waals surface area (Å²) in [6.07, 6.45) is 3.56. The third-order valence-corrected chi connectivity index (χ3v) is 5.74. The molecule has 0 N–H and O–H groups in total. The summed E-state index contributed by atoms with van der Waals surface area (Å²) in [4.78, 5) is 8.46. The van der Waals surface area contributed by atoms with Crippen LogP contribution in [-0.2, 0) is 13.2 Å². The summed E-state index contributed by atoms with van der Waals surface area (Å²) in [5, 5.41) is 4.90. The van der Waals surface area contributed by atoms with Crippen molar-refractivity contribution in [3.63, 3.8) is 0 Å². The van der Waals surface area contributed by atoms with Crippen LogP contribution in [0.25, 0.3) is 17.1 Å². The molecule has 7 heteroatoms. The number of aromatic nitrogens is 4. The molecule has 164 valence electrons. The standard InChI is InChI=1S/C25H28N6S/c1-19-5-9-23(10-6-19)31-24(21-13-15-26-16-14-21)27-30(25(31)32)18-29(4)17-20-7-11-22(12-8-20)28(2)3/h5-16H,17-18H2,1-4H3. The molecular formula is C25H28N6S. The lowest BCUT2D eigenvalue weighted by Gasteiger charge is -2.18. The topological polar surface area (TPSA) is 42.1 Å². The van der Waals surface area contributed by atoms with E-state index in [1.165, 1.54) is 16.8 Å². The molecule has 0 fully saturated rings. The lowest BCUT2D eigenvalue weighted by molar-refractivity contribution is 0.244. The van der Waals surface area contributed by atoms with E-state index in [9.17, 15) is 0 Å². The number of hydrogen-bond donors (Lipinski definition) is 0. The molecule has 0 atom stereocenters. The number of pyridine rings is 1. The average Bonchev–Trinajstić information content (AvgIpc) is 3.11. The first-order chi connectivity index (χ1) is 15.4. The highest BCUT2D eigenvalue weighted by Gasteiger charge is 2.15. The molecule has 0 aliphatic heterocycles. The van der Waals surface area contributed by atoms with Crippen molar-refractivity contribution in [2.45, 2.75) is 20.1 Å². The molecule has 4 aromatic rings. The Kier molecular flexibility index (Phi) is 6.48. The zero-order valence-corrected chi connectivity index (χ0v) is 19.8. The predicted molar refractivity (Wildman–Crippen MR) is 133 cm³/mol. The lowest BCUT2D eigenvalue weighted by atomic mass is 10.2. The minimum absolute atomic E-state index is 0.589. The summed E-state index contributed by atoms with van der Waals surface area (Å²) in [5.74, 6) is 0.810. The SMILES string of the molecule is Cc1ccc(-n2c(-c3ccncc3)nn(CN(C)Cc3ccc(N(C)C)cc3)c2=S)cc1. The van der Waals surface area contributed by atoms with Gasteiger partial charge in [-0.1, -0.05) is 29.8 Å². The maximum absolute atomic E-state index is 5.87. The van der Waals surface area contributed by atoms with E-state index >= 15 is 0 Å². The summed E-state index contributed by atoms with van der Waals surface area (Å²) in [7, 11) is 6.18. The fourth-order valence-corrected chi connectivity index (χ4v) is 3.89. The Balaban J connectivity index is 1.64. The van der Waals surface area contributed by atoms with Gasteiger partial charge in [-0.15, -0.1) is 5.10 Å². The van der Waals surface area contributed by atoms with Crippen LogP contribution in [0.3, 0.4) is 0 Å². The molecule has 0 saturated carbocycles. The van der Waals surface area contributed by atoms with E-state index in [-0.39, 0.29) is 0 Å². The predicted octanol–water partition coefficient (Wildman–Crippen LogP) is 4.93. The average molecular weight is 445 g/mol. The van der Waals surface area contributed by atoms with Gasteiger partial charge in [-0.05, 0) is 68.2 Å². The Morgan fingerprint density at radius 3 is 2.16 bits per heavy atom. The molecule has 2 aromatic heterocycles. The van der Waals surface area contributed by atoms with Gasteiger partial charge in [0.1, 0.15) is 0 Å². The first-order valence-corrected chi connectivity index (χ1v) is 11.0. The highest BCUT2D eigenvalue weighted by molar-refractivity contribution is 7.71. The Bertz CT molecular complexity index is 1220. The Morgan fingerprint density at radius 2 is 1.53 bits per heavy atom. The van der Waals surface area contributed by atoms with Crippen molar-refractivity contribution in [3.8, 4) is 17.1 Å². The Labute approximate surface area is 194 Å². The summed E-state index contributed by atoms with van der Waals surface area (Å²) in [6, 6.07) is 20.9. The van der Waals surface area contributed by atoms with Gasteiger partial charge in [0.05, 0.1) is 6.67 Å². The van der Waals surface area contributed by atoms with Crippen LogP contribution in [0.5, 0.6) is 0 Å². The van der Waals surface area contributed by atoms with Gasteiger partial charge in [0, 0.05) is 50.0 Å². The first kappa shape index (κ1) is 21.9. The normalized spacial score (nSPS) is 11.2. The van der Waals surface area contributed by atoms with Gasteiger partial charge in [-0.25, -0.2) is 4.68 Å². The van der Waals surface area contributed by atoms with Crippen LogP contribution in [-0.4, -0.2) is 45.4 Å². The number of anilines is 1. The van der Waals surface area contributed by atoms with Crippen molar-refractivity contribution in [3.05, 3.63) is 89.0 Å². The van der Waals surface area contributed by atoms with E-state index in [1.54, 1.807) is 12.4 Å². The second-order valence-electron chi connectivity index (χ2n) is 8.23. The molecule has 6 nitrogen and oxygen atoms in total. The zero-order valence-electron chi connectivity index (χ0n) is 18.9. The van der Waals surface area contributed by atoms with Crippen molar-refractivity contribution >= 4 is 17.9 Å². The van der Waals surface area contributed by atoms with Crippen molar-refractivity contribution < 1.29 is 0 Å². The monoisotopic (exact) mass is 444 g/mol. The second kappa shape index (κ2) is 9.46. The van der Waals surface area contributed by atoms with Crippen LogP contribution in [0.2, 0.25) is 0 Å². The van der Waals surface area contributed by atoms with Crippen molar-refractivity contribution in [1.82, 2.24) is 24.2 Å². The van der Waals surface area contributed by atoms with E-state index in [0.29, 0.717) is 11.4 Å². The molecule has 0 unspecified atom stereocenters. The van der Waals surface area contributed by atoms with E-state index in [4.69, 9.17) is 17.3 Å². The van der Waals surface area contributed by atoms with E-state index in [0.717, 1.165) is 23.6 Å². The lowest BCUT2D eigenvalue weighted by Crippen LogP contribution is -2.22. The van der Waals surface area contributed by atoms with Crippen LogP contribution in [0.4, 0.5) is 5.69 Å². The maximum atomic E-state index is 5.87. The van der Waals surface area contributed by atoms with Gasteiger partial charge >= 0.3 is 0 Å². The molecule has 0 aliphatic carbocycles. The van der Waals surface area contributed by atoms with Gasteiger partial charge in [-0.2, -0.15) is 0 Å². The molecule has 0 radical (unpaired) electrons. The van der Waals surface area contributed by atoms with E-state index < -0.39 is 0 Å². The van der Waals surface area contributed by atoms with Crippen molar-refractivity contribution in [2.75, 3.05) is 26.0 Å². The number of hydrogen-bond acceptors (Lipinski definition) is 5. The highest BCUT2D eigenvalue weighted by atomic mass is 32.1. The van der Waals surface area contributed by atoms with Gasteiger partial charge in [0.2, 0.25) is 4.77 Å². The number of aryl methyl sites for hydroxylation is 1. The van der Waals surface area contributed by atoms with Gasteiger partial charge < -0.3 is 4.90 Å². The third kappa shape index (κ3) is 4.79. The molecule has 4 rings (SSSR count). The summed E-state index contributed by atoms with van der Waals surface area (Å²) in [5.41, 5.74) is 5.63. The zero-order chi connectivity index (χ0) is 22.7. The smallest absolute Gasteiger partial charge is 0.204 e. The van der Waals surface area contributed by atoms with E-state index in [1.807, 2.05) is 35.5 Å². The number of benzene rings is 2. The van der Waals surface area contributed by atoms with Crippen molar-refractivity contribution in [1.29, 1.82) is 0 Å².